The molecule has 5 heteroatoms. The number of halogens is 1. The van der Waals surface area contributed by atoms with Crippen molar-refractivity contribution in [3.63, 3.8) is 0 Å². The number of benzene rings is 2. The first-order valence-corrected chi connectivity index (χ1v) is 8.08. The Bertz CT molecular complexity index is 715. The van der Waals surface area contributed by atoms with Gasteiger partial charge in [-0.1, -0.05) is 29.8 Å². The fourth-order valence-corrected chi connectivity index (χ4v) is 2.89. The Morgan fingerprint density at radius 2 is 1.95 bits per heavy atom. The molecular weight excluding hydrogens is 304 g/mol. The maximum atomic E-state index is 12.6. The Hall–Kier alpha value is -1.78. The average molecular weight is 317 g/mol. The summed E-state index contributed by atoms with van der Waals surface area (Å²) in [5, 5.41) is 1.40. The molecule has 3 nitrogen and oxygen atoms in total. The van der Waals surface area contributed by atoms with Gasteiger partial charge in [0.25, 0.3) is 0 Å². The van der Waals surface area contributed by atoms with Crippen molar-refractivity contribution in [1.29, 1.82) is 0 Å². The minimum Gasteiger partial charge on any atom is -0.278 e. The quantitative estimate of drug-likeness (QED) is 0.757. The number of thioether (sulfide) groups is 1. The topological polar surface area (TPSA) is 32.7 Å². The molecule has 0 spiro atoms. The third kappa shape index (κ3) is 2.82. The van der Waals surface area contributed by atoms with E-state index in [2.05, 4.69) is 4.99 Å². The summed E-state index contributed by atoms with van der Waals surface area (Å²) in [5.41, 5.74) is 2.31. The van der Waals surface area contributed by atoms with Crippen LogP contribution in [-0.4, -0.2) is 17.2 Å². The molecule has 21 heavy (non-hydrogen) atoms. The number of fused-ring (bicyclic) bond motifs is 1. The number of hydrogen-bond donors (Lipinski definition) is 0. The maximum Gasteiger partial charge on any atom is 0.238 e. The molecule has 2 aromatic carbocycles. The van der Waals surface area contributed by atoms with E-state index in [4.69, 9.17) is 11.6 Å². The predicted octanol–water partition coefficient (Wildman–Crippen LogP) is 4.80. The van der Waals surface area contributed by atoms with Crippen molar-refractivity contribution in [2.75, 3.05) is 11.2 Å². The number of amides is 1. The van der Waals surface area contributed by atoms with Crippen LogP contribution in [0.4, 0.5) is 17.1 Å². The molecule has 1 aliphatic heterocycles. The lowest BCUT2D eigenvalue weighted by atomic mass is 10.2. The smallest absolute Gasteiger partial charge is 0.238 e. The lowest BCUT2D eigenvalue weighted by Crippen LogP contribution is -2.26. The van der Waals surface area contributed by atoms with Crippen molar-refractivity contribution in [1.82, 2.24) is 0 Å². The molecule has 1 aliphatic rings. The van der Waals surface area contributed by atoms with E-state index < -0.39 is 0 Å². The molecule has 0 aliphatic carbocycles. The lowest BCUT2D eigenvalue weighted by molar-refractivity contribution is -0.116. The number of anilines is 2. The summed E-state index contributed by atoms with van der Waals surface area (Å²) in [7, 11) is 0. The van der Waals surface area contributed by atoms with Crippen molar-refractivity contribution in [3.8, 4) is 0 Å². The fourth-order valence-electron chi connectivity index (χ4n) is 2.26. The van der Waals surface area contributed by atoms with Gasteiger partial charge in [-0.15, -0.1) is 11.8 Å². The molecule has 0 unspecified atom stereocenters. The summed E-state index contributed by atoms with van der Waals surface area (Å²) in [6.45, 7) is 0. The largest absolute Gasteiger partial charge is 0.278 e. The van der Waals surface area contributed by atoms with Gasteiger partial charge in [0.15, 0.2) is 0 Å². The molecule has 0 aromatic heterocycles. The van der Waals surface area contributed by atoms with Gasteiger partial charge in [0.2, 0.25) is 5.91 Å². The molecule has 0 radical (unpaired) electrons. The van der Waals surface area contributed by atoms with E-state index in [9.17, 15) is 4.79 Å². The molecule has 3 rings (SSSR count). The van der Waals surface area contributed by atoms with E-state index in [1.54, 1.807) is 17.0 Å². The van der Waals surface area contributed by atoms with Gasteiger partial charge >= 0.3 is 0 Å². The van der Waals surface area contributed by atoms with E-state index in [1.165, 1.54) is 11.8 Å². The minimum absolute atomic E-state index is 0.00434. The van der Waals surface area contributed by atoms with Crippen molar-refractivity contribution >= 4 is 51.4 Å². The van der Waals surface area contributed by atoms with Crippen LogP contribution >= 0.6 is 23.4 Å². The summed E-state index contributed by atoms with van der Waals surface area (Å²) >= 11 is 7.61. The number of carbonyl (C=O) groups excluding carboxylic acids is 1. The number of nitrogens with zero attached hydrogens (tertiary/aromatic N) is 2. The zero-order chi connectivity index (χ0) is 14.8. The van der Waals surface area contributed by atoms with Crippen LogP contribution < -0.4 is 4.90 Å². The van der Waals surface area contributed by atoms with E-state index in [0.717, 1.165) is 22.1 Å². The zero-order valence-electron chi connectivity index (χ0n) is 11.4. The van der Waals surface area contributed by atoms with Gasteiger partial charge < -0.3 is 0 Å². The molecule has 0 atom stereocenters. The maximum absolute atomic E-state index is 12.6. The Balaban J connectivity index is 2.19. The van der Waals surface area contributed by atoms with Gasteiger partial charge in [-0.25, -0.2) is 4.99 Å². The standard InChI is InChI=1S/C16H13ClN2OS/c1-21-15-10-16(20)19(12-5-3-2-4-6-12)14-9-11(17)7-8-13(14)18-15/h2-9H,10H2,1H3. The Morgan fingerprint density at radius 1 is 1.19 bits per heavy atom. The third-order valence-electron chi connectivity index (χ3n) is 3.23. The van der Waals surface area contributed by atoms with Crippen LogP contribution in [0.1, 0.15) is 6.42 Å². The third-order valence-corrected chi connectivity index (χ3v) is 4.17. The predicted molar refractivity (Wildman–Crippen MR) is 90.3 cm³/mol. The zero-order valence-corrected chi connectivity index (χ0v) is 13.0. The molecule has 0 saturated heterocycles. The van der Waals surface area contributed by atoms with Crippen LogP contribution in [-0.2, 0) is 4.79 Å². The van der Waals surface area contributed by atoms with Crippen molar-refractivity contribution in [3.05, 3.63) is 53.6 Å². The molecule has 0 saturated carbocycles. The van der Waals surface area contributed by atoms with Crippen molar-refractivity contribution in [2.45, 2.75) is 6.42 Å². The van der Waals surface area contributed by atoms with Crippen LogP contribution in [0.5, 0.6) is 0 Å². The minimum atomic E-state index is -0.00434. The van der Waals surface area contributed by atoms with Crippen LogP contribution in [0, 0.1) is 0 Å². The highest BCUT2D eigenvalue weighted by molar-refractivity contribution is 8.13. The second-order valence-electron chi connectivity index (χ2n) is 4.58. The Kier molecular flexibility index (Phi) is 3.99. The van der Waals surface area contributed by atoms with Gasteiger partial charge in [-0.2, -0.15) is 0 Å². The van der Waals surface area contributed by atoms with Gasteiger partial charge in [0, 0.05) is 10.7 Å². The van der Waals surface area contributed by atoms with E-state index in [0.29, 0.717) is 11.4 Å². The highest BCUT2D eigenvalue weighted by Crippen LogP contribution is 2.39. The number of para-hydroxylation sites is 1. The van der Waals surface area contributed by atoms with Gasteiger partial charge in [0.05, 0.1) is 22.8 Å². The van der Waals surface area contributed by atoms with Crippen LogP contribution in [0.3, 0.4) is 0 Å². The molecule has 0 fully saturated rings. The fraction of sp³-hybridized carbons (Fsp3) is 0.125. The van der Waals surface area contributed by atoms with Crippen molar-refractivity contribution < 1.29 is 4.79 Å². The molecule has 0 N–H and O–H groups in total. The number of rotatable bonds is 1. The molecule has 1 amide bonds. The number of carbonyl (C=O) groups is 1. The second-order valence-corrected chi connectivity index (χ2v) is 5.90. The average Bonchev–Trinajstić information content (AvgIpc) is 2.63. The first-order valence-electron chi connectivity index (χ1n) is 6.48. The normalized spacial score (nSPS) is 14.5. The first-order chi connectivity index (χ1) is 10.2. The van der Waals surface area contributed by atoms with E-state index >= 15 is 0 Å². The summed E-state index contributed by atoms with van der Waals surface area (Å²) < 4.78 is 0. The summed E-state index contributed by atoms with van der Waals surface area (Å²) in [5.74, 6) is -0.00434. The number of aliphatic imine (C=N–C) groups is 1. The Morgan fingerprint density at radius 3 is 2.67 bits per heavy atom. The van der Waals surface area contributed by atoms with Gasteiger partial charge in [-0.3, -0.25) is 9.69 Å². The van der Waals surface area contributed by atoms with Crippen LogP contribution in [0.25, 0.3) is 0 Å². The number of hydrogen-bond acceptors (Lipinski definition) is 3. The highest BCUT2D eigenvalue weighted by atomic mass is 35.5. The first kappa shape index (κ1) is 14.2. The molecule has 106 valence electrons. The molecule has 1 heterocycles. The monoisotopic (exact) mass is 316 g/mol. The van der Waals surface area contributed by atoms with Crippen LogP contribution in [0.15, 0.2) is 53.5 Å². The SMILES string of the molecule is CSC1=Nc2ccc(Cl)cc2N(c2ccccc2)C(=O)C1. The molecule has 2 aromatic rings. The van der Waals surface area contributed by atoms with E-state index in [1.807, 2.05) is 42.7 Å². The van der Waals surface area contributed by atoms with Crippen LogP contribution in [0.2, 0.25) is 5.02 Å². The second kappa shape index (κ2) is 5.92. The highest BCUT2D eigenvalue weighted by Gasteiger charge is 2.25. The van der Waals surface area contributed by atoms with Crippen molar-refractivity contribution in [2.24, 2.45) is 4.99 Å². The van der Waals surface area contributed by atoms with E-state index in [-0.39, 0.29) is 5.91 Å². The lowest BCUT2D eigenvalue weighted by Gasteiger charge is -2.22. The van der Waals surface area contributed by atoms with Gasteiger partial charge in [0.1, 0.15) is 0 Å². The Labute approximate surface area is 132 Å². The summed E-state index contributed by atoms with van der Waals surface area (Å²) in [6, 6.07) is 15.0. The summed E-state index contributed by atoms with van der Waals surface area (Å²) in [6.07, 6.45) is 2.22. The summed E-state index contributed by atoms with van der Waals surface area (Å²) in [4.78, 5) is 18.9. The molecular formula is C16H13ClN2OS. The van der Waals surface area contributed by atoms with Gasteiger partial charge in [-0.05, 0) is 36.6 Å². The molecule has 0 bridgehead atoms.